The number of rotatable bonds is 5. The van der Waals surface area contributed by atoms with Gasteiger partial charge in [0, 0.05) is 26.2 Å². The van der Waals surface area contributed by atoms with Crippen molar-refractivity contribution in [2.24, 2.45) is 0 Å². The van der Waals surface area contributed by atoms with Crippen LogP contribution in [0.5, 0.6) is 11.5 Å². The minimum Gasteiger partial charge on any atom is -0.490 e. The molecule has 1 aliphatic rings. The van der Waals surface area contributed by atoms with Crippen molar-refractivity contribution in [3.05, 3.63) is 24.3 Å². The standard InChI is InChI=1S/C16H22N2O5/c1-3-22-13-6-4-5-7-14(13)23-12-15(19)17-8-10-18(11-9-17)16(20)21-2/h4-7H,3,8-12H2,1-2H3. The molecule has 0 unspecified atom stereocenters. The lowest BCUT2D eigenvalue weighted by atomic mass is 10.3. The fourth-order valence-electron chi connectivity index (χ4n) is 2.34. The minimum atomic E-state index is -0.362. The third-order valence-corrected chi connectivity index (χ3v) is 3.57. The molecule has 0 radical (unpaired) electrons. The van der Waals surface area contributed by atoms with E-state index in [1.807, 2.05) is 19.1 Å². The summed E-state index contributed by atoms with van der Waals surface area (Å²) in [5, 5.41) is 0. The van der Waals surface area contributed by atoms with Crippen LogP contribution in [0.4, 0.5) is 4.79 Å². The first-order valence-corrected chi connectivity index (χ1v) is 7.61. The normalized spacial score (nSPS) is 14.3. The summed E-state index contributed by atoms with van der Waals surface area (Å²) < 4.78 is 15.7. The van der Waals surface area contributed by atoms with Crippen molar-refractivity contribution < 1.29 is 23.8 Å². The monoisotopic (exact) mass is 322 g/mol. The zero-order valence-electron chi connectivity index (χ0n) is 13.5. The molecule has 7 heteroatoms. The summed E-state index contributed by atoms with van der Waals surface area (Å²) in [5.74, 6) is 1.06. The van der Waals surface area contributed by atoms with Gasteiger partial charge < -0.3 is 24.0 Å². The highest BCUT2D eigenvalue weighted by molar-refractivity contribution is 5.78. The van der Waals surface area contributed by atoms with Crippen molar-refractivity contribution in [2.75, 3.05) is 46.5 Å². The Hall–Kier alpha value is -2.44. The predicted octanol–water partition coefficient (Wildman–Crippen LogP) is 1.37. The second kappa shape index (κ2) is 8.26. The van der Waals surface area contributed by atoms with Gasteiger partial charge in [0.05, 0.1) is 13.7 Å². The van der Waals surface area contributed by atoms with Crippen LogP contribution < -0.4 is 9.47 Å². The van der Waals surface area contributed by atoms with Crippen LogP contribution in [0.2, 0.25) is 0 Å². The van der Waals surface area contributed by atoms with E-state index in [0.717, 1.165) is 0 Å². The molecule has 1 fully saturated rings. The molecule has 0 bridgehead atoms. The van der Waals surface area contributed by atoms with Crippen LogP contribution in [0.3, 0.4) is 0 Å². The maximum atomic E-state index is 12.2. The zero-order chi connectivity index (χ0) is 16.7. The third kappa shape index (κ3) is 4.51. The first-order valence-electron chi connectivity index (χ1n) is 7.61. The number of piperazine rings is 1. The van der Waals surface area contributed by atoms with E-state index >= 15 is 0 Å². The molecule has 7 nitrogen and oxygen atoms in total. The molecule has 0 aliphatic carbocycles. The predicted molar refractivity (Wildman–Crippen MR) is 83.7 cm³/mol. The number of nitrogens with zero attached hydrogens (tertiary/aromatic N) is 2. The van der Waals surface area contributed by atoms with Crippen molar-refractivity contribution >= 4 is 12.0 Å². The highest BCUT2D eigenvalue weighted by Crippen LogP contribution is 2.26. The van der Waals surface area contributed by atoms with Gasteiger partial charge in [0.25, 0.3) is 5.91 Å². The summed E-state index contributed by atoms with van der Waals surface area (Å²) in [6.45, 7) is 4.26. The molecule has 126 valence electrons. The summed E-state index contributed by atoms with van der Waals surface area (Å²) in [7, 11) is 1.35. The Balaban J connectivity index is 1.83. The average Bonchev–Trinajstić information content (AvgIpc) is 2.60. The Morgan fingerprint density at radius 1 is 1.00 bits per heavy atom. The Labute approximate surface area is 135 Å². The van der Waals surface area contributed by atoms with Crippen LogP contribution in [-0.4, -0.2) is 68.3 Å². The van der Waals surface area contributed by atoms with E-state index in [2.05, 4.69) is 4.74 Å². The summed E-state index contributed by atoms with van der Waals surface area (Å²) >= 11 is 0. The molecule has 23 heavy (non-hydrogen) atoms. The quantitative estimate of drug-likeness (QED) is 0.819. The summed E-state index contributed by atoms with van der Waals surface area (Å²) in [6, 6.07) is 7.26. The summed E-state index contributed by atoms with van der Waals surface area (Å²) in [5.41, 5.74) is 0. The van der Waals surface area contributed by atoms with E-state index < -0.39 is 0 Å². The maximum Gasteiger partial charge on any atom is 0.409 e. The SMILES string of the molecule is CCOc1ccccc1OCC(=O)N1CCN(C(=O)OC)CC1. The molecule has 0 saturated carbocycles. The lowest BCUT2D eigenvalue weighted by Crippen LogP contribution is -2.51. The molecule has 2 amide bonds. The number of para-hydroxylation sites is 2. The number of amides is 2. The zero-order valence-corrected chi connectivity index (χ0v) is 13.5. The molecule has 0 spiro atoms. The van der Waals surface area contributed by atoms with Crippen molar-refractivity contribution in [3.8, 4) is 11.5 Å². The first kappa shape index (κ1) is 16.9. The first-order chi connectivity index (χ1) is 11.2. The van der Waals surface area contributed by atoms with Crippen molar-refractivity contribution in [1.29, 1.82) is 0 Å². The van der Waals surface area contributed by atoms with Gasteiger partial charge in [0.15, 0.2) is 18.1 Å². The molecular formula is C16H22N2O5. The average molecular weight is 322 g/mol. The van der Waals surface area contributed by atoms with Gasteiger partial charge >= 0.3 is 6.09 Å². The van der Waals surface area contributed by atoms with Crippen LogP contribution in [0, 0.1) is 0 Å². The fourth-order valence-corrected chi connectivity index (χ4v) is 2.34. The van der Waals surface area contributed by atoms with Gasteiger partial charge in [-0.3, -0.25) is 4.79 Å². The van der Waals surface area contributed by atoms with Gasteiger partial charge in [-0.1, -0.05) is 12.1 Å². The van der Waals surface area contributed by atoms with Crippen molar-refractivity contribution in [3.63, 3.8) is 0 Å². The Morgan fingerprint density at radius 3 is 2.13 bits per heavy atom. The van der Waals surface area contributed by atoms with E-state index in [0.29, 0.717) is 44.3 Å². The van der Waals surface area contributed by atoms with Crippen LogP contribution in [0.15, 0.2) is 24.3 Å². The molecule has 1 saturated heterocycles. The van der Waals surface area contributed by atoms with E-state index in [9.17, 15) is 9.59 Å². The summed E-state index contributed by atoms with van der Waals surface area (Å²) in [4.78, 5) is 26.9. The number of benzene rings is 1. The lowest BCUT2D eigenvalue weighted by Gasteiger charge is -2.33. The van der Waals surface area contributed by atoms with Crippen LogP contribution in [-0.2, 0) is 9.53 Å². The lowest BCUT2D eigenvalue weighted by molar-refractivity contribution is -0.134. The molecule has 2 rings (SSSR count). The molecule has 1 aromatic rings. The number of methoxy groups -OCH3 is 1. The second-order valence-electron chi connectivity index (χ2n) is 5.01. The van der Waals surface area contributed by atoms with Gasteiger partial charge in [-0.25, -0.2) is 4.79 Å². The number of carbonyl (C=O) groups is 2. The minimum absolute atomic E-state index is 0.0533. The van der Waals surface area contributed by atoms with Gasteiger partial charge in [0.1, 0.15) is 0 Å². The second-order valence-corrected chi connectivity index (χ2v) is 5.01. The maximum absolute atomic E-state index is 12.2. The number of hydrogen-bond donors (Lipinski definition) is 0. The number of carbonyl (C=O) groups excluding carboxylic acids is 2. The molecule has 0 aromatic heterocycles. The van der Waals surface area contributed by atoms with Crippen molar-refractivity contribution in [1.82, 2.24) is 9.80 Å². The Kier molecular flexibility index (Phi) is 6.08. The number of ether oxygens (including phenoxy) is 3. The molecule has 1 heterocycles. The van der Waals surface area contributed by atoms with Crippen LogP contribution >= 0.6 is 0 Å². The Morgan fingerprint density at radius 2 is 1.57 bits per heavy atom. The van der Waals surface area contributed by atoms with Crippen LogP contribution in [0.25, 0.3) is 0 Å². The highest BCUT2D eigenvalue weighted by atomic mass is 16.5. The molecular weight excluding hydrogens is 300 g/mol. The molecule has 1 aromatic carbocycles. The smallest absolute Gasteiger partial charge is 0.409 e. The Bertz CT molecular complexity index is 541. The fraction of sp³-hybridized carbons (Fsp3) is 0.500. The largest absolute Gasteiger partial charge is 0.490 e. The van der Waals surface area contributed by atoms with Crippen molar-refractivity contribution in [2.45, 2.75) is 6.92 Å². The third-order valence-electron chi connectivity index (χ3n) is 3.57. The molecule has 1 aliphatic heterocycles. The number of hydrogen-bond acceptors (Lipinski definition) is 5. The van der Waals surface area contributed by atoms with E-state index in [1.165, 1.54) is 7.11 Å². The van der Waals surface area contributed by atoms with E-state index in [-0.39, 0.29) is 18.6 Å². The molecule has 0 N–H and O–H groups in total. The van der Waals surface area contributed by atoms with Crippen LogP contribution in [0.1, 0.15) is 6.92 Å². The highest BCUT2D eigenvalue weighted by Gasteiger charge is 2.24. The van der Waals surface area contributed by atoms with E-state index in [1.54, 1.807) is 21.9 Å². The molecule has 0 atom stereocenters. The van der Waals surface area contributed by atoms with E-state index in [4.69, 9.17) is 9.47 Å². The van der Waals surface area contributed by atoms with Gasteiger partial charge in [-0.05, 0) is 19.1 Å². The van der Waals surface area contributed by atoms with Gasteiger partial charge in [-0.2, -0.15) is 0 Å². The van der Waals surface area contributed by atoms with Gasteiger partial charge in [-0.15, -0.1) is 0 Å². The van der Waals surface area contributed by atoms with Gasteiger partial charge in [0.2, 0.25) is 0 Å². The summed E-state index contributed by atoms with van der Waals surface area (Å²) in [6.07, 6.45) is -0.362. The topological polar surface area (TPSA) is 68.3 Å².